The number of phenols is 1. The third kappa shape index (κ3) is 2.69. The second-order valence-corrected chi connectivity index (χ2v) is 5.53. The summed E-state index contributed by atoms with van der Waals surface area (Å²) < 4.78 is 0. The molecule has 8 heteroatoms. The van der Waals surface area contributed by atoms with E-state index in [0.29, 0.717) is 21.7 Å². The van der Waals surface area contributed by atoms with Crippen molar-refractivity contribution in [3.8, 4) is 11.6 Å². The molecule has 0 bridgehead atoms. The van der Waals surface area contributed by atoms with Crippen molar-refractivity contribution >= 4 is 29.3 Å². The monoisotopic (exact) mass is 316 g/mol. The number of phenolic OH excluding ortho intramolecular Hbond substituents is 1. The van der Waals surface area contributed by atoms with Gasteiger partial charge in [0.25, 0.3) is 0 Å². The minimum Gasteiger partial charge on any atom is -0.507 e. The molecule has 1 unspecified atom stereocenters. The van der Waals surface area contributed by atoms with Crippen LogP contribution >= 0.6 is 11.3 Å². The number of nitrogens with zero attached hydrogens (tertiary/aromatic N) is 2. The third-order valence-electron chi connectivity index (χ3n) is 3.00. The summed E-state index contributed by atoms with van der Waals surface area (Å²) in [6.07, 6.45) is 2.31. The molecular weight excluding hydrogens is 304 g/mol. The highest BCUT2D eigenvalue weighted by Crippen LogP contribution is 2.25. The molecule has 5 N–H and O–H groups in total. The number of para-hydroxylation sites is 1. The average molecular weight is 316 g/mol. The first-order chi connectivity index (χ1) is 10.5. The number of hydrogen-bond donors (Lipinski definition) is 4. The molecule has 1 atom stereocenters. The van der Waals surface area contributed by atoms with E-state index in [1.165, 1.54) is 6.21 Å². The van der Waals surface area contributed by atoms with Crippen LogP contribution in [0.5, 0.6) is 11.6 Å². The predicted molar refractivity (Wildman–Crippen MR) is 85.7 cm³/mol. The first kappa shape index (κ1) is 14.2. The van der Waals surface area contributed by atoms with Crippen LogP contribution in [0.2, 0.25) is 0 Å². The van der Waals surface area contributed by atoms with E-state index in [1.54, 1.807) is 30.3 Å². The molecule has 2 heterocycles. The van der Waals surface area contributed by atoms with Crippen LogP contribution in [0.4, 0.5) is 0 Å². The number of aliphatic imine (C=N–C) groups is 2. The molecule has 3 rings (SSSR count). The summed E-state index contributed by atoms with van der Waals surface area (Å²) in [7, 11) is 0. The molecule has 0 amide bonds. The minimum absolute atomic E-state index is 0.0566. The molecule has 0 radical (unpaired) electrons. The zero-order valence-corrected chi connectivity index (χ0v) is 12.0. The van der Waals surface area contributed by atoms with Crippen LogP contribution in [0.1, 0.15) is 10.4 Å². The third-order valence-corrected chi connectivity index (χ3v) is 3.82. The first-order valence-corrected chi connectivity index (χ1v) is 7.15. The van der Waals surface area contributed by atoms with Crippen molar-refractivity contribution in [1.29, 1.82) is 0 Å². The number of thiazole rings is 1. The number of benzene rings is 1. The molecule has 0 spiro atoms. The molecule has 112 valence electrons. The first-order valence-electron chi connectivity index (χ1n) is 6.33. The van der Waals surface area contributed by atoms with Crippen LogP contribution in [0, 0.1) is 0 Å². The molecule has 2 aromatic rings. The van der Waals surface area contributed by atoms with E-state index < -0.39 is 6.29 Å². The summed E-state index contributed by atoms with van der Waals surface area (Å²) >= 11 is 0.862. The van der Waals surface area contributed by atoms with Gasteiger partial charge in [-0.3, -0.25) is 20.5 Å². The molecule has 0 aliphatic carbocycles. The highest BCUT2D eigenvalue weighted by Gasteiger charge is 2.18. The molecule has 1 aliphatic heterocycles. The summed E-state index contributed by atoms with van der Waals surface area (Å²) in [5, 5.41) is 19.7. The van der Waals surface area contributed by atoms with Gasteiger partial charge in [0.1, 0.15) is 5.75 Å². The highest BCUT2D eigenvalue weighted by atomic mass is 32.1. The summed E-state index contributed by atoms with van der Waals surface area (Å²) in [4.78, 5) is 21.8. The maximum Gasteiger partial charge on any atom is 0.307 e. The lowest BCUT2D eigenvalue weighted by molar-refractivity contribution is 0.455. The van der Waals surface area contributed by atoms with Gasteiger partial charge < -0.3 is 10.2 Å². The molecular formula is C14H12N4O3S. The van der Waals surface area contributed by atoms with E-state index in [2.05, 4.69) is 15.0 Å². The smallest absolute Gasteiger partial charge is 0.307 e. The number of nitrogens with two attached hydrogens (primary N) is 1. The number of hydrogen-bond acceptors (Lipinski definition) is 7. The maximum absolute atomic E-state index is 11.3. The second-order valence-electron chi connectivity index (χ2n) is 4.51. The molecule has 0 fully saturated rings. The Morgan fingerprint density at radius 1 is 1.32 bits per heavy atom. The van der Waals surface area contributed by atoms with Gasteiger partial charge in [0.15, 0.2) is 6.29 Å². The highest BCUT2D eigenvalue weighted by molar-refractivity contribution is 7.10. The molecule has 1 aliphatic rings. The molecule has 1 aromatic carbocycles. The van der Waals surface area contributed by atoms with Crippen molar-refractivity contribution in [2.75, 3.05) is 0 Å². The van der Waals surface area contributed by atoms with Crippen LogP contribution in [0.3, 0.4) is 0 Å². The van der Waals surface area contributed by atoms with Gasteiger partial charge >= 0.3 is 4.87 Å². The summed E-state index contributed by atoms with van der Waals surface area (Å²) in [5.74, 6) is -0.163. The standard InChI is InChI=1S/C14H12N4O3S/c15-13-16-6-7(5-10-12(20)18-14(21)22-10)11(17-13)8-3-1-2-4-9(8)19/h1-6,13,19-20H,15H2,(H,18,21)/b7-5+. The summed E-state index contributed by atoms with van der Waals surface area (Å²) in [5.41, 5.74) is 7.18. The van der Waals surface area contributed by atoms with E-state index in [1.807, 2.05) is 0 Å². The number of aromatic amines is 1. The van der Waals surface area contributed by atoms with Crippen molar-refractivity contribution in [2.45, 2.75) is 6.29 Å². The topological polar surface area (TPSA) is 124 Å². The molecule has 0 saturated carbocycles. The normalized spacial score (nSPS) is 19.4. The summed E-state index contributed by atoms with van der Waals surface area (Å²) in [6, 6.07) is 6.70. The second kappa shape index (κ2) is 5.58. The molecule has 0 saturated heterocycles. The minimum atomic E-state index is -0.759. The van der Waals surface area contributed by atoms with Gasteiger partial charge in [-0.15, -0.1) is 0 Å². The zero-order chi connectivity index (χ0) is 15.7. The van der Waals surface area contributed by atoms with E-state index in [9.17, 15) is 15.0 Å². The predicted octanol–water partition coefficient (Wildman–Crippen LogP) is 1.05. The fourth-order valence-electron chi connectivity index (χ4n) is 2.03. The van der Waals surface area contributed by atoms with Crippen molar-refractivity contribution in [3.05, 3.63) is 49.9 Å². The van der Waals surface area contributed by atoms with Crippen LogP contribution in [0.15, 0.2) is 44.6 Å². The zero-order valence-electron chi connectivity index (χ0n) is 11.2. The Kier molecular flexibility index (Phi) is 3.61. The molecule has 7 nitrogen and oxygen atoms in total. The SMILES string of the molecule is NC1N=C/C(=C\c2sc(=O)[nH]c2O)C(c2ccccc2O)=N1. The molecule has 22 heavy (non-hydrogen) atoms. The van der Waals surface area contributed by atoms with E-state index in [4.69, 9.17) is 5.73 Å². The van der Waals surface area contributed by atoms with Gasteiger partial charge in [-0.2, -0.15) is 0 Å². The lowest BCUT2D eigenvalue weighted by atomic mass is 10.0. The number of rotatable bonds is 2. The van der Waals surface area contributed by atoms with E-state index in [0.717, 1.165) is 11.3 Å². The van der Waals surface area contributed by atoms with Gasteiger partial charge in [-0.25, -0.2) is 4.99 Å². The Hall–Kier alpha value is -2.71. The van der Waals surface area contributed by atoms with Gasteiger partial charge in [0, 0.05) is 17.4 Å². The van der Waals surface area contributed by atoms with Crippen LogP contribution in [-0.4, -0.2) is 33.4 Å². The number of aromatic hydroxyl groups is 2. The Balaban J connectivity index is 2.12. The largest absolute Gasteiger partial charge is 0.507 e. The number of nitrogens with one attached hydrogen (secondary N) is 1. The fraction of sp³-hybridized carbons (Fsp3) is 0.0714. The Labute approximate surface area is 128 Å². The van der Waals surface area contributed by atoms with E-state index >= 15 is 0 Å². The molecule has 1 aromatic heterocycles. The van der Waals surface area contributed by atoms with Gasteiger partial charge in [0.05, 0.1) is 10.6 Å². The van der Waals surface area contributed by atoms with E-state index in [-0.39, 0.29) is 16.5 Å². The van der Waals surface area contributed by atoms with Crippen molar-refractivity contribution in [1.82, 2.24) is 4.98 Å². The van der Waals surface area contributed by atoms with Crippen molar-refractivity contribution in [2.24, 2.45) is 15.7 Å². The van der Waals surface area contributed by atoms with Crippen molar-refractivity contribution in [3.63, 3.8) is 0 Å². The lowest BCUT2D eigenvalue weighted by Gasteiger charge is -2.15. The number of H-pyrrole nitrogens is 1. The van der Waals surface area contributed by atoms with Crippen LogP contribution in [0.25, 0.3) is 6.08 Å². The van der Waals surface area contributed by atoms with Crippen LogP contribution in [-0.2, 0) is 0 Å². The lowest BCUT2D eigenvalue weighted by Crippen LogP contribution is -2.23. The fourth-order valence-corrected chi connectivity index (χ4v) is 2.71. The Bertz CT molecular complexity index is 863. The number of allylic oxidation sites excluding steroid dienone is 1. The van der Waals surface area contributed by atoms with Gasteiger partial charge in [-0.05, 0) is 18.2 Å². The Morgan fingerprint density at radius 2 is 2.09 bits per heavy atom. The maximum atomic E-state index is 11.3. The average Bonchev–Trinajstić information content (AvgIpc) is 2.79. The van der Waals surface area contributed by atoms with Crippen molar-refractivity contribution < 1.29 is 10.2 Å². The van der Waals surface area contributed by atoms with Gasteiger partial charge in [0.2, 0.25) is 5.88 Å². The Morgan fingerprint density at radius 3 is 2.77 bits per heavy atom. The van der Waals surface area contributed by atoms with Gasteiger partial charge in [-0.1, -0.05) is 23.5 Å². The quantitative estimate of drug-likeness (QED) is 0.661. The number of aromatic nitrogens is 1. The van der Waals surface area contributed by atoms with Crippen LogP contribution < -0.4 is 10.6 Å². The summed E-state index contributed by atoms with van der Waals surface area (Å²) in [6.45, 7) is 0.